The number of quaternary nitrogens is 1. The summed E-state index contributed by atoms with van der Waals surface area (Å²) in [6.45, 7) is 4.83. The van der Waals surface area contributed by atoms with E-state index in [1.165, 1.54) is 11.2 Å². The van der Waals surface area contributed by atoms with Gasteiger partial charge in [0.15, 0.2) is 5.76 Å². The first-order valence-corrected chi connectivity index (χ1v) is 10.4. The van der Waals surface area contributed by atoms with Crippen molar-refractivity contribution in [1.82, 2.24) is 4.90 Å². The molecule has 0 bridgehead atoms. The fourth-order valence-corrected chi connectivity index (χ4v) is 3.59. The van der Waals surface area contributed by atoms with Gasteiger partial charge in [-0.2, -0.15) is 0 Å². The lowest BCUT2D eigenvalue weighted by atomic mass is 10.1. The van der Waals surface area contributed by atoms with Gasteiger partial charge in [0.1, 0.15) is 18.9 Å². The van der Waals surface area contributed by atoms with Crippen LogP contribution in [0, 0.1) is 0 Å². The van der Waals surface area contributed by atoms with Gasteiger partial charge in [-0.05, 0) is 48.5 Å². The van der Waals surface area contributed by atoms with E-state index in [1.54, 1.807) is 36.4 Å². The average molecular weight is 420 g/mol. The molecule has 31 heavy (non-hydrogen) atoms. The fraction of sp³-hybridized carbons (Fsp3) is 0.250. The van der Waals surface area contributed by atoms with Crippen LogP contribution in [0.3, 0.4) is 0 Å². The second-order valence-corrected chi connectivity index (χ2v) is 7.46. The van der Waals surface area contributed by atoms with E-state index in [0.29, 0.717) is 17.9 Å². The molecule has 7 heteroatoms. The third-order valence-corrected chi connectivity index (χ3v) is 5.36. The summed E-state index contributed by atoms with van der Waals surface area (Å²) in [5, 5.41) is 2.75. The van der Waals surface area contributed by atoms with Gasteiger partial charge in [0.25, 0.3) is 11.8 Å². The van der Waals surface area contributed by atoms with Gasteiger partial charge in [0.05, 0.1) is 32.4 Å². The summed E-state index contributed by atoms with van der Waals surface area (Å²) in [6, 6.07) is 20.0. The smallest absolute Gasteiger partial charge is 0.291 e. The SMILES string of the molecule is O=C(Nc1ccc(C(=O)N2CC[NH+](CCOc3ccccc3)CC2)cc1)c1ccco1. The number of para-hydroxylation sites is 1. The maximum absolute atomic E-state index is 12.8. The molecule has 0 atom stereocenters. The first kappa shape index (κ1) is 20.7. The Labute approximate surface area is 181 Å². The molecule has 1 aliphatic rings. The fourth-order valence-electron chi connectivity index (χ4n) is 3.59. The van der Waals surface area contributed by atoms with Crippen LogP contribution in [0.2, 0.25) is 0 Å². The molecule has 3 aromatic rings. The molecule has 2 aromatic carbocycles. The molecular formula is C24H26N3O4+. The number of carbonyl (C=O) groups is 2. The van der Waals surface area contributed by atoms with Gasteiger partial charge in [0, 0.05) is 11.3 Å². The van der Waals surface area contributed by atoms with E-state index in [-0.39, 0.29) is 17.6 Å². The second kappa shape index (κ2) is 9.95. The Bertz CT molecular complexity index is 979. The van der Waals surface area contributed by atoms with Gasteiger partial charge in [0.2, 0.25) is 0 Å². The number of hydrogen-bond acceptors (Lipinski definition) is 4. The molecule has 160 valence electrons. The number of nitrogens with one attached hydrogen (secondary N) is 2. The van der Waals surface area contributed by atoms with E-state index in [9.17, 15) is 9.59 Å². The lowest BCUT2D eigenvalue weighted by molar-refractivity contribution is -0.903. The zero-order valence-electron chi connectivity index (χ0n) is 17.3. The summed E-state index contributed by atoms with van der Waals surface area (Å²) in [4.78, 5) is 28.2. The van der Waals surface area contributed by atoms with Gasteiger partial charge < -0.3 is 24.3 Å². The summed E-state index contributed by atoms with van der Waals surface area (Å²) in [6.07, 6.45) is 1.45. The summed E-state index contributed by atoms with van der Waals surface area (Å²) < 4.78 is 10.9. The molecule has 1 saturated heterocycles. The van der Waals surface area contributed by atoms with Gasteiger partial charge in [-0.3, -0.25) is 9.59 Å². The minimum absolute atomic E-state index is 0.0171. The minimum Gasteiger partial charge on any atom is -0.488 e. The van der Waals surface area contributed by atoms with E-state index in [0.717, 1.165) is 38.5 Å². The average Bonchev–Trinajstić information content (AvgIpc) is 3.36. The molecule has 0 radical (unpaired) electrons. The number of amides is 2. The van der Waals surface area contributed by atoms with E-state index in [1.807, 2.05) is 35.2 Å². The standard InChI is InChI=1S/C24H25N3O4/c28-23(22-7-4-17-31-22)25-20-10-8-19(9-11-20)24(29)27-14-12-26(13-15-27)16-18-30-21-5-2-1-3-6-21/h1-11,17H,12-16,18H2,(H,25,28)/p+1. The van der Waals surface area contributed by atoms with Crippen molar-refractivity contribution in [3.8, 4) is 5.75 Å². The molecule has 2 amide bonds. The molecule has 1 aromatic heterocycles. The largest absolute Gasteiger partial charge is 0.488 e. The Kier molecular flexibility index (Phi) is 6.64. The lowest BCUT2D eigenvalue weighted by Crippen LogP contribution is -3.15. The number of furan rings is 1. The molecule has 7 nitrogen and oxygen atoms in total. The maximum atomic E-state index is 12.8. The van der Waals surface area contributed by atoms with Crippen molar-refractivity contribution < 1.29 is 23.6 Å². The topological polar surface area (TPSA) is 76.2 Å². The molecule has 1 fully saturated rings. The molecule has 0 saturated carbocycles. The molecular weight excluding hydrogens is 394 g/mol. The van der Waals surface area contributed by atoms with Crippen molar-refractivity contribution >= 4 is 17.5 Å². The van der Waals surface area contributed by atoms with Crippen molar-refractivity contribution in [2.24, 2.45) is 0 Å². The molecule has 4 rings (SSSR count). The van der Waals surface area contributed by atoms with E-state index >= 15 is 0 Å². The number of piperazine rings is 1. The highest BCUT2D eigenvalue weighted by Crippen LogP contribution is 2.13. The van der Waals surface area contributed by atoms with Gasteiger partial charge >= 0.3 is 0 Å². The highest BCUT2D eigenvalue weighted by molar-refractivity contribution is 6.02. The highest BCUT2D eigenvalue weighted by Gasteiger charge is 2.24. The quantitative estimate of drug-likeness (QED) is 0.613. The first-order valence-electron chi connectivity index (χ1n) is 10.4. The third-order valence-electron chi connectivity index (χ3n) is 5.36. The number of carbonyl (C=O) groups excluding carboxylic acids is 2. The normalized spacial score (nSPS) is 14.3. The van der Waals surface area contributed by atoms with Crippen LogP contribution >= 0.6 is 0 Å². The van der Waals surface area contributed by atoms with Gasteiger partial charge in [-0.15, -0.1) is 0 Å². The van der Waals surface area contributed by atoms with Crippen LogP contribution in [0.5, 0.6) is 5.75 Å². The summed E-state index contributed by atoms with van der Waals surface area (Å²) >= 11 is 0. The van der Waals surface area contributed by atoms with Crippen LogP contribution in [0.15, 0.2) is 77.4 Å². The zero-order chi connectivity index (χ0) is 21.5. The zero-order valence-corrected chi connectivity index (χ0v) is 17.3. The van der Waals surface area contributed by atoms with Crippen molar-refractivity contribution in [2.75, 3.05) is 44.6 Å². The van der Waals surface area contributed by atoms with Crippen LogP contribution < -0.4 is 15.0 Å². The van der Waals surface area contributed by atoms with Crippen LogP contribution in [0.1, 0.15) is 20.9 Å². The number of rotatable bonds is 7. The van der Waals surface area contributed by atoms with Crippen molar-refractivity contribution in [2.45, 2.75) is 0 Å². The van der Waals surface area contributed by atoms with E-state index in [4.69, 9.17) is 9.15 Å². The highest BCUT2D eigenvalue weighted by atomic mass is 16.5. The van der Waals surface area contributed by atoms with Gasteiger partial charge in [-0.25, -0.2) is 0 Å². The lowest BCUT2D eigenvalue weighted by Gasteiger charge is -2.32. The number of anilines is 1. The Morgan fingerprint density at radius 3 is 2.39 bits per heavy atom. The van der Waals surface area contributed by atoms with Gasteiger partial charge in [-0.1, -0.05) is 18.2 Å². The predicted molar refractivity (Wildman–Crippen MR) is 117 cm³/mol. The Balaban J connectivity index is 1.22. The van der Waals surface area contributed by atoms with Crippen LogP contribution in [0.4, 0.5) is 5.69 Å². The van der Waals surface area contributed by atoms with Crippen molar-refractivity contribution in [3.63, 3.8) is 0 Å². The summed E-state index contributed by atoms with van der Waals surface area (Å²) in [5.74, 6) is 0.831. The van der Waals surface area contributed by atoms with Crippen LogP contribution in [-0.2, 0) is 0 Å². The molecule has 0 aliphatic carbocycles. The van der Waals surface area contributed by atoms with Crippen molar-refractivity contribution in [3.05, 3.63) is 84.3 Å². The second-order valence-electron chi connectivity index (χ2n) is 7.46. The molecule has 2 heterocycles. The first-order chi connectivity index (χ1) is 15.2. The minimum atomic E-state index is -0.320. The summed E-state index contributed by atoms with van der Waals surface area (Å²) in [5.41, 5.74) is 1.23. The number of benzene rings is 2. The summed E-state index contributed by atoms with van der Waals surface area (Å²) in [7, 11) is 0. The molecule has 1 aliphatic heterocycles. The maximum Gasteiger partial charge on any atom is 0.291 e. The number of ether oxygens (including phenoxy) is 1. The Hall–Kier alpha value is -3.58. The van der Waals surface area contributed by atoms with E-state index < -0.39 is 0 Å². The number of hydrogen-bond donors (Lipinski definition) is 2. The van der Waals surface area contributed by atoms with Crippen LogP contribution in [0.25, 0.3) is 0 Å². The molecule has 0 spiro atoms. The molecule has 0 unspecified atom stereocenters. The van der Waals surface area contributed by atoms with Crippen molar-refractivity contribution in [1.29, 1.82) is 0 Å². The Morgan fingerprint density at radius 2 is 1.71 bits per heavy atom. The molecule has 2 N–H and O–H groups in total. The van der Waals surface area contributed by atoms with Crippen LogP contribution in [-0.4, -0.2) is 56.0 Å². The number of nitrogens with zero attached hydrogens (tertiary/aromatic N) is 1. The van der Waals surface area contributed by atoms with E-state index in [2.05, 4.69) is 5.32 Å². The Morgan fingerprint density at radius 1 is 0.968 bits per heavy atom. The predicted octanol–water partition coefficient (Wildman–Crippen LogP) is 1.95. The monoisotopic (exact) mass is 420 g/mol. The third kappa shape index (κ3) is 5.52.